The molecule has 0 aromatic heterocycles. The highest BCUT2D eigenvalue weighted by Crippen LogP contribution is 2.28. The number of nitrogens with one attached hydrogen (secondary N) is 2. The molecular weight excluding hydrogens is 337 g/mol. The zero-order valence-electron chi connectivity index (χ0n) is 14.0. The van der Waals surface area contributed by atoms with Crippen molar-refractivity contribution < 1.29 is 22.7 Å². The predicted octanol–water partition coefficient (Wildman–Crippen LogP) is 1.77. The monoisotopic (exact) mass is 360 g/mol. The number of aliphatic imine (C=N–C) groups is 1. The highest BCUT2D eigenvalue weighted by atomic mass is 19.4. The van der Waals surface area contributed by atoms with Crippen LogP contribution < -0.4 is 16.4 Å². The second-order valence-corrected chi connectivity index (χ2v) is 5.08. The minimum absolute atomic E-state index is 0.158. The van der Waals surface area contributed by atoms with Gasteiger partial charge in [-0.05, 0) is 37.6 Å². The van der Waals surface area contributed by atoms with E-state index in [1.54, 1.807) is 0 Å². The molecule has 0 saturated heterocycles. The van der Waals surface area contributed by atoms with Gasteiger partial charge in [0.15, 0.2) is 5.96 Å². The van der Waals surface area contributed by atoms with Gasteiger partial charge in [-0.15, -0.1) is 0 Å². The third-order valence-electron chi connectivity index (χ3n) is 3.12. The van der Waals surface area contributed by atoms with E-state index in [9.17, 15) is 18.0 Å². The lowest BCUT2D eigenvalue weighted by Gasteiger charge is -2.09. The van der Waals surface area contributed by atoms with E-state index in [0.29, 0.717) is 26.3 Å². The predicted molar refractivity (Wildman–Crippen MR) is 89.4 cm³/mol. The molecule has 6 nitrogen and oxygen atoms in total. The van der Waals surface area contributed by atoms with E-state index in [0.717, 1.165) is 30.7 Å². The number of halogens is 3. The number of benzene rings is 1. The zero-order chi connectivity index (χ0) is 18.7. The lowest BCUT2D eigenvalue weighted by molar-refractivity contribution is -0.137. The van der Waals surface area contributed by atoms with Crippen LogP contribution in [0.25, 0.3) is 0 Å². The van der Waals surface area contributed by atoms with E-state index < -0.39 is 17.6 Å². The summed E-state index contributed by atoms with van der Waals surface area (Å²) in [5.41, 5.74) is 5.02. The number of carbonyl (C=O) groups is 1. The number of nitrogens with zero attached hydrogens (tertiary/aromatic N) is 1. The molecule has 25 heavy (non-hydrogen) atoms. The van der Waals surface area contributed by atoms with Gasteiger partial charge in [0.2, 0.25) is 0 Å². The van der Waals surface area contributed by atoms with Gasteiger partial charge in [0.1, 0.15) is 0 Å². The summed E-state index contributed by atoms with van der Waals surface area (Å²) in [6.45, 7) is 4.35. The number of amides is 1. The lowest BCUT2D eigenvalue weighted by atomic mass is 10.1. The fourth-order valence-corrected chi connectivity index (χ4v) is 1.85. The fourth-order valence-electron chi connectivity index (χ4n) is 1.85. The topological polar surface area (TPSA) is 88.7 Å². The molecule has 0 unspecified atom stereocenters. The van der Waals surface area contributed by atoms with Crippen LogP contribution in [0.15, 0.2) is 29.3 Å². The minimum Gasteiger partial charge on any atom is -0.382 e. The van der Waals surface area contributed by atoms with Crippen LogP contribution in [0.1, 0.15) is 29.3 Å². The van der Waals surface area contributed by atoms with Crippen molar-refractivity contribution in [1.82, 2.24) is 10.6 Å². The zero-order valence-corrected chi connectivity index (χ0v) is 14.0. The van der Waals surface area contributed by atoms with Crippen molar-refractivity contribution >= 4 is 11.9 Å². The largest absolute Gasteiger partial charge is 0.416 e. The molecule has 9 heteroatoms. The molecule has 0 heterocycles. The smallest absolute Gasteiger partial charge is 0.382 e. The average Bonchev–Trinajstić information content (AvgIpc) is 2.57. The van der Waals surface area contributed by atoms with Gasteiger partial charge in [-0.2, -0.15) is 13.2 Å². The molecule has 0 atom stereocenters. The summed E-state index contributed by atoms with van der Waals surface area (Å²) in [7, 11) is 0. The standard InChI is InChI=1S/C16H23F3N4O2/c1-2-25-11-3-8-22-15(20)23-10-9-21-14(24)12-4-6-13(7-5-12)16(17,18)19/h4-7H,2-3,8-11H2,1H3,(H,21,24)(H3,20,22,23). The van der Waals surface area contributed by atoms with Crippen LogP contribution in [0.3, 0.4) is 0 Å². The van der Waals surface area contributed by atoms with E-state index in [-0.39, 0.29) is 18.1 Å². The first-order valence-electron chi connectivity index (χ1n) is 7.91. The summed E-state index contributed by atoms with van der Waals surface area (Å²) in [6, 6.07) is 4.03. The molecule has 0 bridgehead atoms. The van der Waals surface area contributed by atoms with Crippen molar-refractivity contribution in [3.8, 4) is 0 Å². The highest BCUT2D eigenvalue weighted by molar-refractivity contribution is 5.94. The number of alkyl halides is 3. The fraction of sp³-hybridized carbons (Fsp3) is 0.500. The van der Waals surface area contributed by atoms with Gasteiger partial charge >= 0.3 is 6.18 Å². The Balaban J connectivity index is 2.27. The van der Waals surface area contributed by atoms with Gasteiger partial charge in [-0.25, -0.2) is 0 Å². The lowest BCUT2D eigenvalue weighted by Crippen LogP contribution is -2.38. The van der Waals surface area contributed by atoms with Gasteiger partial charge in [0, 0.05) is 38.4 Å². The number of nitrogens with two attached hydrogens (primary N) is 1. The molecule has 1 amide bonds. The van der Waals surface area contributed by atoms with Gasteiger partial charge in [0.05, 0.1) is 5.56 Å². The van der Waals surface area contributed by atoms with Crippen molar-refractivity contribution in [2.45, 2.75) is 19.5 Å². The third-order valence-corrected chi connectivity index (χ3v) is 3.12. The van der Waals surface area contributed by atoms with Crippen molar-refractivity contribution in [3.63, 3.8) is 0 Å². The first kappa shape index (κ1) is 20.8. The van der Waals surface area contributed by atoms with Crippen LogP contribution in [-0.4, -0.2) is 44.7 Å². The number of hydrogen-bond donors (Lipinski definition) is 3. The van der Waals surface area contributed by atoms with E-state index in [4.69, 9.17) is 10.5 Å². The Bertz CT molecular complexity index is 559. The van der Waals surface area contributed by atoms with Gasteiger partial charge in [0.25, 0.3) is 5.91 Å². The van der Waals surface area contributed by atoms with Crippen molar-refractivity contribution in [3.05, 3.63) is 35.4 Å². The number of ether oxygens (including phenoxy) is 1. The molecule has 0 aliphatic rings. The molecule has 1 rings (SSSR count). The van der Waals surface area contributed by atoms with Crippen LogP contribution in [0.2, 0.25) is 0 Å². The van der Waals surface area contributed by atoms with Gasteiger partial charge < -0.3 is 21.1 Å². The molecule has 0 spiro atoms. The van der Waals surface area contributed by atoms with E-state index in [1.165, 1.54) is 0 Å². The van der Waals surface area contributed by atoms with Crippen LogP contribution >= 0.6 is 0 Å². The molecule has 0 fully saturated rings. The maximum atomic E-state index is 12.5. The average molecular weight is 360 g/mol. The molecule has 0 aliphatic carbocycles. The Morgan fingerprint density at radius 3 is 2.44 bits per heavy atom. The molecule has 140 valence electrons. The first-order valence-corrected chi connectivity index (χ1v) is 7.91. The maximum Gasteiger partial charge on any atom is 0.416 e. The summed E-state index contributed by atoms with van der Waals surface area (Å²) in [5.74, 6) is -0.192. The summed E-state index contributed by atoms with van der Waals surface area (Å²) < 4.78 is 42.5. The SMILES string of the molecule is CCOCCCN=C(N)NCCNC(=O)c1ccc(C(F)(F)F)cc1. The van der Waals surface area contributed by atoms with E-state index in [1.807, 2.05) is 6.92 Å². The Kier molecular flexibility index (Phi) is 8.76. The Morgan fingerprint density at radius 2 is 1.84 bits per heavy atom. The second-order valence-electron chi connectivity index (χ2n) is 5.08. The Labute approximate surface area is 144 Å². The summed E-state index contributed by atoms with van der Waals surface area (Å²) in [4.78, 5) is 15.9. The molecule has 0 saturated carbocycles. The van der Waals surface area contributed by atoms with Crippen LogP contribution in [0, 0.1) is 0 Å². The number of carbonyl (C=O) groups excluding carboxylic acids is 1. The summed E-state index contributed by atoms with van der Waals surface area (Å²) >= 11 is 0. The van der Waals surface area contributed by atoms with E-state index in [2.05, 4.69) is 15.6 Å². The third kappa shape index (κ3) is 8.39. The highest BCUT2D eigenvalue weighted by Gasteiger charge is 2.30. The number of hydrogen-bond acceptors (Lipinski definition) is 3. The first-order chi connectivity index (χ1) is 11.8. The minimum atomic E-state index is -4.42. The van der Waals surface area contributed by atoms with Crippen LogP contribution in [0.5, 0.6) is 0 Å². The molecule has 0 aliphatic heterocycles. The van der Waals surface area contributed by atoms with Crippen molar-refractivity contribution in [1.29, 1.82) is 0 Å². The van der Waals surface area contributed by atoms with Gasteiger partial charge in [-0.3, -0.25) is 9.79 Å². The van der Waals surface area contributed by atoms with Crippen LogP contribution in [-0.2, 0) is 10.9 Å². The van der Waals surface area contributed by atoms with E-state index >= 15 is 0 Å². The number of rotatable bonds is 9. The normalized spacial score (nSPS) is 12.1. The van der Waals surface area contributed by atoms with Crippen molar-refractivity contribution in [2.75, 3.05) is 32.8 Å². The Hall–Kier alpha value is -2.29. The molecule has 1 aromatic rings. The van der Waals surface area contributed by atoms with Crippen molar-refractivity contribution in [2.24, 2.45) is 10.7 Å². The molecule has 4 N–H and O–H groups in total. The second kappa shape index (κ2) is 10.5. The molecule has 1 aromatic carbocycles. The molecule has 0 radical (unpaired) electrons. The quantitative estimate of drug-likeness (QED) is 0.356. The van der Waals surface area contributed by atoms with Gasteiger partial charge in [-0.1, -0.05) is 0 Å². The number of guanidine groups is 1. The maximum absolute atomic E-state index is 12.5. The summed E-state index contributed by atoms with van der Waals surface area (Å²) in [5, 5.41) is 5.42. The Morgan fingerprint density at radius 1 is 1.20 bits per heavy atom. The summed E-state index contributed by atoms with van der Waals surface area (Å²) in [6.07, 6.45) is -3.65. The molecular formula is C16H23F3N4O2. The van der Waals surface area contributed by atoms with Crippen LogP contribution in [0.4, 0.5) is 13.2 Å².